The summed E-state index contributed by atoms with van der Waals surface area (Å²) in [4.78, 5) is 5.21. The molecular weight excluding hydrogens is 458 g/mol. The standard InChI is InChI=1S/C28H32BrN3/c29-25-14-15-27(32-18-16-31(17-19-32)21-23-10-5-2-6-11-23)28-24(25)12-7-13-26(28)30-20-22-8-3-1-4-9-22/h1-6,8-11,14-15,26,30H,7,12-13,16-21H2. The maximum atomic E-state index is 3.88. The summed E-state index contributed by atoms with van der Waals surface area (Å²) in [7, 11) is 0. The lowest BCUT2D eigenvalue weighted by atomic mass is 9.85. The topological polar surface area (TPSA) is 18.5 Å². The van der Waals surface area contributed by atoms with Gasteiger partial charge in [0.25, 0.3) is 0 Å². The quantitative estimate of drug-likeness (QED) is 0.462. The fourth-order valence-corrected chi connectivity index (χ4v) is 5.75. The van der Waals surface area contributed by atoms with Crippen molar-refractivity contribution >= 4 is 21.6 Å². The molecule has 3 aromatic carbocycles. The summed E-state index contributed by atoms with van der Waals surface area (Å²) in [5.74, 6) is 0. The highest BCUT2D eigenvalue weighted by molar-refractivity contribution is 9.10. The van der Waals surface area contributed by atoms with Gasteiger partial charge in [0.1, 0.15) is 0 Å². The van der Waals surface area contributed by atoms with E-state index >= 15 is 0 Å². The third kappa shape index (κ3) is 4.93. The molecule has 1 heterocycles. The van der Waals surface area contributed by atoms with E-state index in [2.05, 4.69) is 104 Å². The van der Waals surface area contributed by atoms with Gasteiger partial charge in [0.15, 0.2) is 0 Å². The lowest BCUT2D eigenvalue weighted by molar-refractivity contribution is 0.249. The average molecular weight is 490 g/mol. The Hall–Kier alpha value is -2.14. The zero-order chi connectivity index (χ0) is 21.8. The van der Waals surface area contributed by atoms with E-state index in [-0.39, 0.29) is 0 Å². The molecule has 0 amide bonds. The highest BCUT2D eigenvalue weighted by Gasteiger charge is 2.28. The van der Waals surface area contributed by atoms with E-state index in [1.165, 1.54) is 51.7 Å². The number of anilines is 1. The lowest BCUT2D eigenvalue weighted by Crippen LogP contribution is -2.46. The first-order chi connectivity index (χ1) is 15.8. The molecule has 4 heteroatoms. The van der Waals surface area contributed by atoms with Crippen LogP contribution in [0.1, 0.15) is 41.1 Å². The minimum Gasteiger partial charge on any atom is -0.369 e. The monoisotopic (exact) mass is 489 g/mol. The van der Waals surface area contributed by atoms with Crippen LogP contribution < -0.4 is 10.2 Å². The Labute approximate surface area is 200 Å². The van der Waals surface area contributed by atoms with Gasteiger partial charge in [-0.2, -0.15) is 0 Å². The Morgan fingerprint density at radius 3 is 2.22 bits per heavy atom. The van der Waals surface area contributed by atoms with Gasteiger partial charge < -0.3 is 10.2 Å². The van der Waals surface area contributed by atoms with E-state index in [1.54, 1.807) is 0 Å². The summed E-state index contributed by atoms with van der Waals surface area (Å²) in [6.07, 6.45) is 3.62. The molecule has 1 saturated heterocycles. The molecule has 5 rings (SSSR count). The molecule has 1 atom stereocenters. The summed E-state index contributed by atoms with van der Waals surface area (Å²) in [5, 5.41) is 3.88. The predicted octanol–water partition coefficient (Wildman–Crippen LogP) is 5.94. The van der Waals surface area contributed by atoms with E-state index in [9.17, 15) is 0 Å². The highest BCUT2D eigenvalue weighted by atomic mass is 79.9. The van der Waals surface area contributed by atoms with Gasteiger partial charge in [-0.05, 0) is 53.6 Å². The molecule has 32 heavy (non-hydrogen) atoms. The van der Waals surface area contributed by atoms with Crippen molar-refractivity contribution in [1.82, 2.24) is 10.2 Å². The van der Waals surface area contributed by atoms with Crippen molar-refractivity contribution in [1.29, 1.82) is 0 Å². The van der Waals surface area contributed by atoms with Gasteiger partial charge in [-0.1, -0.05) is 76.6 Å². The first-order valence-electron chi connectivity index (χ1n) is 11.9. The highest BCUT2D eigenvalue weighted by Crippen LogP contribution is 2.41. The normalized spacial score (nSPS) is 19.0. The van der Waals surface area contributed by atoms with Crippen LogP contribution in [0.3, 0.4) is 0 Å². The van der Waals surface area contributed by atoms with Crippen molar-refractivity contribution in [3.63, 3.8) is 0 Å². The number of halogens is 1. The van der Waals surface area contributed by atoms with Gasteiger partial charge >= 0.3 is 0 Å². The number of hydrogen-bond acceptors (Lipinski definition) is 3. The molecule has 166 valence electrons. The summed E-state index contributed by atoms with van der Waals surface area (Å²) in [5.41, 5.74) is 7.23. The predicted molar refractivity (Wildman–Crippen MR) is 137 cm³/mol. The van der Waals surface area contributed by atoms with Crippen LogP contribution in [0.2, 0.25) is 0 Å². The molecule has 2 aliphatic rings. The molecule has 3 nitrogen and oxygen atoms in total. The molecule has 0 radical (unpaired) electrons. The zero-order valence-corrected chi connectivity index (χ0v) is 20.2. The number of fused-ring (bicyclic) bond motifs is 1. The van der Waals surface area contributed by atoms with Gasteiger partial charge in [0.2, 0.25) is 0 Å². The fourth-order valence-electron chi connectivity index (χ4n) is 5.20. The molecule has 1 fully saturated rings. The van der Waals surface area contributed by atoms with Crippen LogP contribution in [0.5, 0.6) is 0 Å². The van der Waals surface area contributed by atoms with E-state index in [1.807, 2.05) is 0 Å². The second-order valence-corrected chi connectivity index (χ2v) is 9.87. The van der Waals surface area contributed by atoms with E-state index in [0.29, 0.717) is 6.04 Å². The minimum atomic E-state index is 0.411. The molecule has 0 saturated carbocycles. The van der Waals surface area contributed by atoms with Crippen LogP contribution in [0.15, 0.2) is 77.3 Å². The molecule has 1 unspecified atom stereocenters. The van der Waals surface area contributed by atoms with E-state index in [0.717, 1.165) is 39.3 Å². The van der Waals surface area contributed by atoms with E-state index in [4.69, 9.17) is 0 Å². The largest absolute Gasteiger partial charge is 0.369 e. The Bertz CT molecular complexity index is 1010. The lowest BCUT2D eigenvalue weighted by Gasteiger charge is -2.39. The number of nitrogens with one attached hydrogen (secondary N) is 1. The Morgan fingerprint density at radius 1 is 0.812 bits per heavy atom. The molecule has 0 aromatic heterocycles. The molecule has 0 spiro atoms. The van der Waals surface area contributed by atoms with Crippen LogP contribution in [0.25, 0.3) is 0 Å². The molecule has 1 aliphatic heterocycles. The number of piperazine rings is 1. The third-order valence-electron chi connectivity index (χ3n) is 6.90. The Balaban J connectivity index is 1.31. The van der Waals surface area contributed by atoms with Gasteiger partial charge in [-0.3, -0.25) is 4.90 Å². The van der Waals surface area contributed by atoms with Crippen molar-refractivity contribution in [3.05, 3.63) is 99.5 Å². The van der Waals surface area contributed by atoms with Gasteiger partial charge in [0.05, 0.1) is 0 Å². The number of benzene rings is 3. The summed E-state index contributed by atoms with van der Waals surface area (Å²) in [6, 6.07) is 26.6. The number of nitrogens with zero attached hydrogens (tertiary/aromatic N) is 2. The SMILES string of the molecule is Brc1ccc(N2CCN(Cc3ccccc3)CC2)c2c1CCCC2NCc1ccccc1. The van der Waals surface area contributed by atoms with Crippen LogP contribution in [0, 0.1) is 0 Å². The van der Waals surface area contributed by atoms with Gasteiger partial charge in [-0.15, -0.1) is 0 Å². The van der Waals surface area contributed by atoms with E-state index < -0.39 is 0 Å². The second-order valence-electron chi connectivity index (χ2n) is 9.02. The van der Waals surface area contributed by atoms with Crippen molar-refractivity contribution in [2.75, 3.05) is 31.1 Å². The summed E-state index contributed by atoms with van der Waals surface area (Å²) >= 11 is 3.86. The van der Waals surface area contributed by atoms with Gasteiger partial charge in [-0.25, -0.2) is 0 Å². The average Bonchev–Trinajstić information content (AvgIpc) is 2.85. The zero-order valence-electron chi connectivity index (χ0n) is 18.6. The molecule has 0 bridgehead atoms. The third-order valence-corrected chi connectivity index (χ3v) is 7.65. The Morgan fingerprint density at radius 2 is 1.50 bits per heavy atom. The molecular formula is C28H32BrN3. The molecule has 1 N–H and O–H groups in total. The van der Waals surface area contributed by atoms with Crippen LogP contribution in [-0.2, 0) is 19.5 Å². The van der Waals surface area contributed by atoms with Crippen LogP contribution in [-0.4, -0.2) is 31.1 Å². The van der Waals surface area contributed by atoms with Crippen LogP contribution >= 0.6 is 15.9 Å². The molecule has 1 aliphatic carbocycles. The van der Waals surface area contributed by atoms with Crippen molar-refractivity contribution in [3.8, 4) is 0 Å². The maximum absolute atomic E-state index is 3.88. The first-order valence-corrected chi connectivity index (χ1v) is 12.7. The summed E-state index contributed by atoms with van der Waals surface area (Å²) in [6.45, 7) is 6.37. The van der Waals surface area contributed by atoms with Crippen molar-refractivity contribution in [2.45, 2.75) is 38.4 Å². The minimum absolute atomic E-state index is 0.411. The smallest absolute Gasteiger partial charge is 0.0419 e. The number of hydrogen-bond donors (Lipinski definition) is 1. The maximum Gasteiger partial charge on any atom is 0.0419 e. The summed E-state index contributed by atoms with van der Waals surface area (Å²) < 4.78 is 1.27. The fraction of sp³-hybridized carbons (Fsp3) is 0.357. The van der Waals surface area contributed by atoms with Gasteiger partial charge in [0, 0.05) is 55.5 Å². The second kappa shape index (κ2) is 10.2. The first kappa shape index (κ1) is 21.7. The van der Waals surface area contributed by atoms with Crippen molar-refractivity contribution < 1.29 is 0 Å². The molecule has 3 aromatic rings. The Kier molecular flexibility index (Phi) is 6.92. The number of rotatable bonds is 6. The van der Waals surface area contributed by atoms with Crippen LogP contribution in [0.4, 0.5) is 5.69 Å². The van der Waals surface area contributed by atoms with Crippen molar-refractivity contribution in [2.24, 2.45) is 0 Å².